The van der Waals surface area contributed by atoms with E-state index in [1.54, 1.807) is 11.8 Å². The predicted octanol–water partition coefficient (Wildman–Crippen LogP) is 3.32. The predicted molar refractivity (Wildman–Crippen MR) is 96.7 cm³/mol. The first-order chi connectivity index (χ1) is 11.6. The number of hydrogen-bond donors (Lipinski definition) is 1. The highest BCUT2D eigenvalue weighted by atomic mass is 16.5. The molecule has 1 aromatic carbocycles. The Kier molecular flexibility index (Phi) is 5.45. The van der Waals surface area contributed by atoms with Gasteiger partial charge in [-0.25, -0.2) is 0 Å². The molecule has 138 valence electrons. The Bertz CT molecular complexity index is 636. The lowest BCUT2D eigenvalue weighted by Crippen LogP contribution is -2.44. The van der Waals surface area contributed by atoms with Crippen LogP contribution in [0.4, 0.5) is 0 Å². The SMILES string of the molecule is CC(C)COc1ccc(C(C)(C)C(=O)N2CCC(C)(C(=O)O)C2)cc1. The summed E-state index contributed by atoms with van der Waals surface area (Å²) in [6.07, 6.45) is 0.492. The van der Waals surface area contributed by atoms with Crippen molar-refractivity contribution in [3.8, 4) is 5.75 Å². The Morgan fingerprint density at radius 1 is 1.28 bits per heavy atom. The minimum absolute atomic E-state index is 0.0340. The van der Waals surface area contributed by atoms with Crippen LogP contribution in [0.15, 0.2) is 24.3 Å². The minimum atomic E-state index is -0.847. The van der Waals surface area contributed by atoms with Gasteiger partial charge in [-0.2, -0.15) is 0 Å². The molecule has 0 bridgehead atoms. The van der Waals surface area contributed by atoms with Crippen LogP contribution >= 0.6 is 0 Å². The summed E-state index contributed by atoms with van der Waals surface area (Å²) in [6.45, 7) is 11.1. The largest absolute Gasteiger partial charge is 0.493 e. The second-order valence-corrected chi connectivity index (χ2v) is 8.20. The molecule has 0 saturated carbocycles. The zero-order valence-corrected chi connectivity index (χ0v) is 15.8. The highest BCUT2D eigenvalue weighted by Gasteiger charge is 2.45. The lowest BCUT2D eigenvalue weighted by Gasteiger charge is -2.30. The molecule has 25 heavy (non-hydrogen) atoms. The van der Waals surface area contributed by atoms with Crippen LogP contribution in [0.3, 0.4) is 0 Å². The Labute approximate surface area is 150 Å². The zero-order chi connectivity index (χ0) is 18.8. The van der Waals surface area contributed by atoms with Crippen molar-refractivity contribution < 1.29 is 19.4 Å². The Morgan fingerprint density at radius 3 is 2.36 bits per heavy atom. The van der Waals surface area contributed by atoms with Crippen LogP contribution in [0.2, 0.25) is 0 Å². The van der Waals surface area contributed by atoms with Crippen LogP contribution in [-0.2, 0) is 15.0 Å². The van der Waals surface area contributed by atoms with Crippen LogP contribution < -0.4 is 4.74 Å². The quantitative estimate of drug-likeness (QED) is 0.857. The van der Waals surface area contributed by atoms with Gasteiger partial charge in [0, 0.05) is 13.1 Å². The van der Waals surface area contributed by atoms with Gasteiger partial charge in [-0.1, -0.05) is 26.0 Å². The fourth-order valence-electron chi connectivity index (χ4n) is 3.06. The highest BCUT2D eigenvalue weighted by Crippen LogP contribution is 2.34. The van der Waals surface area contributed by atoms with E-state index in [9.17, 15) is 14.7 Å². The van der Waals surface area contributed by atoms with Crippen molar-refractivity contribution >= 4 is 11.9 Å². The standard InChI is InChI=1S/C20H29NO4/c1-14(2)12-25-16-8-6-15(7-9-16)19(3,4)17(22)21-11-10-20(5,13-21)18(23)24/h6-9,14H,10-13H2,1-5H3,(H,23,24). The van der Waals surface area contributed by atoms with Gasteiger partial charge in [-0.05, 0) is 50.8 Å². The third kappa shape index (κ3) is 4.14. The van der Waals surface area contributed by atoms with E-state index in [0.717, 1.165) is 11.3 Å². The smallest absolute Gasteiger partial charge is 0.311 e. The van der Waals surface area contributed by atoms with Crippen molar-refractivity contribution in [2.75, 3.05) is 19.7 Å². The maximum Gasteiger partial charge on any atom is 0.311 e. The van der Waals surface area contributed by atoms with Crippen molar-refractivity contribution in [3.05, 3.63) is 29.8 Å². The summed E-state index contributed by atoms with van der Waals surface area (Å²) in [4.78, 5) is 26.1. The summed E-state index contributed by atoms with van der Waals surface area (Å²) >= 11 is 0. The molecule has 0 aromatic heterocycles. The molecule has 1 fully saturated rings. The van der Waals surface area contributed by atoms with Crippen LogP contribution in [0.1, 0.15) is 46.6 Å². The first kappa shape index (κ1) is 19.3. The number of nitrogens with zero attached hydrogens (tertiary/aromatic N) is 1. The fourth-order valence-corrected chi connectivity index (χ4v) is 3.06. The van der Waals surface area contributed by atoms with E-state index in [1.807, 2.05) is 38.1 Å². The van der Waals surface area contributed by atoms with E-state index >= 15 is 0 Å². The number of likely N-dealkylation sites (tertiary alicyclic amines) is 1. The second kappa shape index (κ2) is 7.06. The number of aliphatic carboxylic acids is 1. The third-order valence-corrected chi connectivity index (χ3v) is 4.97. The molecule has 1 saturated heterocycles. The molecule has 1 atom stereocenters. The molecule has 2 rings (SSSR count). The molecular formula is C20H29NO4. The molecule has 1 aromatic rings. The fraction of sp³-hybridized carbons (Fsp3) is 0.600. The van der Waals surface area contributed by atoms with Crippen molar-refractivity contribution in [2.45, 2.75) is 46.5 Å². The summed E-state index contributed by atoms with van der Waals surface area (Å²) in [6, 6.07) is 7.61. The van der Waals surface area contributed by atoms with Gasteiger partial charge >= 0.3 is 5.97 Å². The summed E-state index contributed by atoms with van der Waals surface area (Å²) in [5.41, 5.74) is -0.654. The number of carboxylic acids is 1. The summed E-state index contributed by atoms with van der Waals surface area (Å²) in [5, 5.41) is 9.36. The summed E-state index contributed by atoms with van der Waals surface area (Å²) in [5.74, 6) is 0.373. The second-order valence-electron chi connectivity index (χ2n) is 8.20. The van der Waals surface area contributed by atoms with Crippen LogP contribution in [0, 0.1) is 11.3 Å². The van der Waals surface area contributed by atoms with Gasteiger partial charge in [0.15, 0.2) is 0 Å². The monoisotopic (exact) mass is 347 g/mol. The van der Waals surface area contributed by atoms with Crippen molar-refractivity contribution in [1.82, 2.24) is 4.90 Å². The molecule has 0 spiro atoms. The normalized spacial score (nSPS) is 20.8. The molecule has 1 aliphatic heterocycles. The molecule has 1 amide bonds. The number of hydrogen-bond acceptors (Lipinski definition) is 3. The lowest BCUT2D eigenvalue weighted by molar-refractivity contribution is -0.147. The number of carboxylic acid groups (broad SMARTS) is 1. The van der Waals surface area contributed by atoms with Gasteiger partial charge in [0.1, 0.15) is 5.75 Å². The van der Waals surface area contributed by atoms with Crippen molar-refractivity contribution in [3.63, 3.8) is 0 Å². The molecular weight excluding hydrogens is 318 g/mol. The average molecular weight is 347 g/mol. The number of amides is 1. The Hall–Kier alpha value is -2.04. The molecule has 1 aliphatic rings. The minimum Gasteiger partial charge on any atom is -0.493 e. The van der Waals surface area contributed by atoms with Gasteiger partial charge in [0.25, 0.3) is 0 Å². The van der Waals surface area contributed by atoms with Crippen molar-refractivity contribution in [2.24, 2.45) is 11.3 Å². The first-order valence-corrected chi connectivity index (χ1v) is 8.82. The van der Waals surface area contributed by atoms with Gasteiger partial charge in [0.2, 0.25) is 5.91 Å². The molecule has 5 heteroatoms. The highest BCUT2D eigenvalue weighted by molar-refractivity contribution is 5.88. The maximum absolute atomic E-state index is 13.0. The topological polar surface area (TPSA) is 66.8 Å². The number of ether oxygens (including phenoxy) is 1. The van der Waals surface area contributed by atoms with Gasteiger partial charge in [-0.15, -0.1) is 0 Å². The van der Waals surface area contributed by atoms with Crippen LogP contribution in [0.5, 0.6) is 5.75 Å². The summed E-state index contributed by atoms with van der Waals surface area (Å²) < 4.78 is 5.69. The molecule has 1 N–H and O–H groups in total. The molecule has 1 unspecified atom stereocenters. The lowest BCUT2D eigenvalue weighted by atomic mass is 9.83. The number of benzene rings is 1. The molecule has 0 aliphatic carbocycles. The van der Waals surface area contributed by atoms with Crippen molar-refractivity contribution in [1.29, 1.82) is 0 Å². The van der Waals surface area contributed by atoms with Gasteiger partial charge in [0.05, 0.1) is 17.4 Å². The third-order valence-electron chi connectivity index (χ3n) is 4.97. The molecule has 5 nitrogen and oxygen atoms in total. The number of rotatable bonds is 6. The number of carbonyl (C=O) groups is 2. The van der Waals surface area contributed by atoms with E-state index in [2.05, 4.69) is 13.8 Å². The van der Waals surface area contributed by atoms with Crippen LogP contribution in [0.25, 0.3) is 0 Å². The van der Waals surface area contributed by atoms with E-state index < -0.39 is 16.8 Å². The zero-order valence-electron chi connectivity index (χ0n) is 15.8. The summed E-state index contributed by atoms with van der Waals surface area (Å²) in [7, 11) is 0. The number of carbonyl (C=O) groups excluding carboxylic acids is 1. The van der Waals surface area contributed by atoms with E-state index in [1.165, 1.54) is 0 Å². The molecule has 1 heterocycles. The van der Waals surface area contributed by atoms with Gasteiger partial charge in [-0.3, -0.25) is 9.59 Å². The van der Waals surface area contributed by atoms with Crippen LogP contribution in [-0.4, -0.2) is 41.6 Å². The maximum atomic E-state index is 13.0. The molecule has 0 radical (unpaired) electrons. The van der Waals surface area contributed by atoms with E-state index in [-0.39, 0.29) is 12.5 Å². The van der Waals surface area contributed by atoms with E-state index in [4.69, 9.17) is 4.74 Å². The average Bonchev–Trinajstić information content (AvgIpc) is 2.96. The van der Waals surface area contributed by atoms with E-state index in [0.29, 0.717) is 25.5 Å². The Morgan fingerprint density at radius 2 is 1.88 bits per heavy atom. The first-order valence-electron chi connectivity index (χ1n) is 8.82. The van der Waals surface area contributed by atoms with Gasteiger partial charge < -0.3 is 14.7 Å². The Balaban J connectivity index is 2.10.